The third-order valence-electron chi connectivity index (χ3n) is 2.43. The number of carboxylic acids is 1. The molecule has 0 aromatic rings. The molecule has 0 aromatic carbocycles. The molecule has 0 rings (SSSR count). The Kier molecular flexibility index (Phi) is 6.53. The summed E-state index contributed by atoms with van der Waals surface area (Å²) < 4.78 is 0. The summed E-state index contributed by atoms with van der Waals surface area (Å²) in [6.07, 6.45) is 0.836. The van der Waals surface area contributed by atoms with E-state index in [1.54, 1.807) is 4.90 Å². The highest BCUT2D eigenvalue weighted by atomic mass is 16.4. The minimum absolute atomic E-state index is 0.00315. The first-order chi connectivity index (χ1) is 7.38. The Morgan fingerprint density at radius 1 is 1.31 bits per heavy atom. The highest BCUT2D eigenvalue weighted by Gasteiger charge is 2.18. The Balaban J connectivity index is 4.29. The quantitative estimate of drug-likeness (QED) is 0.729. The zero-order valence-corrected chi connectivity index (χ0v) is 10.5. The predicted octanol–water partition coefficient (Wildman–Crippen LogP) is 1.68. The molecule has 0 spiro atoms. The molecule has 0 saturated heterocycles. The molecule has 1 atom stereocenters. The maximum atomic E-state index is 11.8. The number of rotatable bonds is 6. The second-order valence-corrected chi connectivity index (χ2v) is 4.19. The highest BCUT2D eigenvalue weighted by molar-refractivity contribution is 5.75. The van der Waals surface area contributed by atoms with Gasteiger partial charge < -0.3 is 15.3 Å². The number of carbonyl (C=O) groups excluding carboxylic acids is 1. The number of nitrogens with one attached hydrogen (secondary N) is 1. The molecule has 0 radical (unpaired) electrons. The fourth-order valence-electron chi connectivity index (χ4n) is 1.21. The van der Waals surface area contributed by atoms with Gasteiger partial charge in [0.2, 0.25) is 0 Å². The summed E-state index contributed by atoms with van der Waals surface area (Å²) in [6.45, 7) is 7.90. The fraction of sp³-hybridized carbons (Fsp3) is 0.818. The molecule has 0 aromatic heterocycles. The van der Waals surface area contributed by atoms with Crippen LogP contribution in [0.2, 0.25) is 0 Å². The number of urea groups is 1. The monoisotopic (exact) mass is 230 g/mol. The van der Waals surface area contributed by atoms with E-state index in [-0.39, 0.29) is 31.1 Å². The molecule has 0 bridgehead atoms. The topological polar surface area (TPSA) is 69.6 Å². The second-order valence-electron chi connectivity index (χ2n) is 4.19. The normalized spacial score (nSPS) is 12.3. The van der Waals surface area contributed by atoms with E-state index in [1.807, 2.05) is 27.7 Å². The average molecular weight is 230 g/mol. The molecular weight excluding hydrogens is 208 g/mol. The van der Waals surface area contributed by atoms with Crippen molar-refractivity contribution in [1.29, 1.82) is 0 Å². The third kappa shape index (κ3) is 5.58. The summed E-state index contributed by atoms with van der Waals surface area (Å²) in [5.74, 6) is -0.887. The molecule has 1 unspecified atom stereocenters. The van der Waals surface area contributed by atoms with Gasteiger partial charge in [0.05, 0.1) is 6.42 Å². The Hall–Kier alpha value is -1.26. The minimum Gasteiger partial charge on any atom is -0.481 e. The Bertz CT molecular complexity index is 241. The lowest BCUT2D eigenvalue weighted by Gasteiger charge is -2.27. The molecule has 0 fully saturated rings. The average Bonchev–Trinajstić information content (AvgIpc) is 2.16. The van der Waals surface area contributed by atoms with Crippen molar-refractivity contribution < 1.29 is 14.7 Å². The number of hydrogen-bond acceptors (Lipinski definition) is 2. The van der Waals surface area contributed by atoms with Crippen LogP contribution in [0, 0.1) is 0 Å². The lowest BCUT2D eigenvalue weighted by Crippen LogP contribution is -2.47. The third-order valence-corrected chi connectivity index (χ3v) is 2.43. The van der Waals surface area contributed by atoms with Crippen molar-refractivity contribution in [3.8, 4) is 0 Å². The van der Waals surface area contributed by atoms with Gasteiger partial charge in [-0.05, 0) is 27.2 Å². The fourth-order valence-corrected chi connectivity index (χ4v) is 1.21. The molecule has 0 saturated carbocycles. The summed E-state index contributed by atoms with van der Waals surface area (Å²) in [5.41, 5.74) is 0. The van der Waals surface area contributed by atoms with Crippen LogP contribution in [-0.4, -0.2) is 40.6 Å². The van der Waals surface area contributed by atoms with Crippen LogP contribution in [0.3, 0.4) is 0 Å². The van der Waals surface area contributed by atoms with Gasteiger partial charge in [0.1, 0.15) is 0 Å². The Morgan fingerprint density at radius 3 is 2.25 bits per heavy atom. The van der Waals surface area contributed by atoms with Crippen LogP contribution < -0.4 is 5.32 Å². The van der Waals surface area contributed by atoms with Crippen molar-refractivity contribution in [2.75, 3.05) is 6.54 Å². The summed E-state index contributed by atoms with van der Waals surface area (Å²) in [5, 5.41) is 11.4. The van der Waals surface area contributed by atoms with Crippen LogP contribution >= 0.6 is 0 Å². The summed E-state index contributed by atoms with van der Waals surface area (Å²) >= 11 is 0. The van der Waals surface area contributed by atoms with Gasteiger partial charge in [-0.1, -0.05) is 6.92 Å². The van der Waals surface area contributed by atoms with Crippen LogP contribution in [0.1, 0.15) is 40.5 Å². The largest absolute Gasteiger partial charge is 0.481 e. The number of aliphatic carboxylic acids is 1. The van der Waals surface area contributed by atoms with Gasteiger partial charge in [-0.25, -0.2) is 4.79 Å². The molecule has 0 heterocycles. The molecule has 0 aliphatic heterocycles. The van der Waals surface area contributed by atoms with E-state index in [9.17, 15) is 9.59 Å². The number of amides is 2. The first kappa shape index (κ1) is 14.7. The van der Waals surface area contributed by atoms with Gasteiger partial charge >= 0.3 is 12.0 Å². The zero-order valence-electron chi connectivity index (χ0n) is 10.5. The van der Waals surface area contributed by atoms with E-state index in [1.165, 1.54) is 0 Å². The minimum atomic E-state index is -0.887. The predicted molar refractivity (Wildman–Crippen MR) is 62.4 cm³/mol. The smallest absolute Gasteiger partial charge is 0.317 e. The Morgan fingerprint density at radius 2 is 1.88 bits per heavy atom. The van der Waals surface area contributed by atoms with E-state index < -0.39 is 5.97 Å². The number of carbonyl (C=O) groups is 2. The molecule has 2 amide bonds. The molecule has 5 nitrogen and oxygen atoms in total. The van der Waals surface area contributed by atoms with Gasteiger partial charge in [-0.3, -0.25) is 4.79 Å². The summed E-state index contributed by atoms with van der Waals surface area (Å²) in [6, 6.07) is -0.0763. The van der Waals surface area contributed by atoms with Crippen LogP contribution in [0.25, 0.3) is 0 Å². The summed E-state index contributed by atoms with van der Waals surface area (Å²) in [7, 11) is 0. The van der Waals surface area contributed by atoms with Crippen molar-refractivity contribution in [2.24, 2.45) is 0 Å². The van der Waals surface area contributed by atoms with E-state index in [2.05, 4.69) is 5.32 Å². The molecule has 94 valence electrons. The maximum Gasteiger partial charge on any atom is 0.317 e. The van der Waals surface area contributed by atoms with Crippen LogP contribution in [0.4, 0.5) is 4.79 Å². The van der Waals surface area contributed by atoms with Gasteiger partial charge in [-0.15, -0.1) is 0 Å². The lowest BCUT2D eigenvalue weighted by molar-refractivity contribution is -0.137. The summed E-state index contributed by atoms with van der Waals surface area (Å²) in [4.78, 5) is 23.8. The van der Waals surface area contributed by atoms with Gasteiger partial charge in [0.15, 0.2) is 0 Å². The molecule has 0 aliphatic carbocycles. The van der Waals surface area contributed by atoms with E-state index in [0.717, 1.165) is 6.42 Å². The van der Waals surface area contributed by atoms with Crippen molar-refractivity contribution in [3.05, 3.63) is 0 Å². The highest BCUT2D eigenvalue weighted by Crippen LogP contribution is 2.02. The molecule has 2 N–H and O–H groups in total. The van der Waals surface area contributed by atoms with E-state index >= 15 is 0 Å². The Labute approximate surface area is 96.8 Å². The van der Waals surface area contributed by atoms with Crippen LogP contribution in [0.15, 0.2) is 0 Å². The molecule has 16 heavy (non-hydrogen) atoms. The first-order valence-corrected chi connectivity index (χ1v) is 5.67. The number of hydrogen-bond donors (Lipinski definition) is 2. The van der Waals surface area contributed by atoms with Crippen molar-refractivity contribution >= 4 is 12.0 Å². The van der Waals surface area contributed by atoms with Crippen molar-refractivity contribution in [1.82, 2.24) is 10.2 Å². The standard InChI is InChI=1S/C11H22N2O3/c1-5-9(4)12-11(16)13(8(2)3)7-6-10(14)15/h8-9H,5-7H2,1-4H3,(H,12,16)(H,14,15). The van der Waals surface area contributed by atoms with Gasteiger partial charge in [0.25, 0.3) is 0 Å². The molecule has 5 heteroatoms. The first-order valence-electron chi connectivity index (χ1n) is 5.67. The number of nitrogens with zero attached hydrogens (tertiary/aromatic N) is 1. The van der Waals surface area contributed by atoms with Crippen LogP contribution in [-0.2, 0) is 4.79 Å². The molecule has 0 aliphatic rings. The van der Waals surface area contributed by atoms with Crippen molar-refractivity contribution in [2.45, 2.75) is 52.6 Å². The van der Waals surface area contributed by atoms with E-state index in [4.69, 9.17) is 5.11 Å². The lowest BCUT2D eigenvalue weighted by atomic mass is 10.2. The maximum absolute atomic E-state index is 11.8. The van der Waals surface area contributed by atoms with Crippen molar-refractivity contribution in [3.63, 3.8) is 0 Å². The van der Waals surface area contributed by atoms with E-state index in [0.29, 0.717) is 0 Å². The zero-order chi connectivity index (χ0) is 12.7. The SMILES string of the molecule is CCC(C)NC(=O)N(CCC(=O)O)C(C)C. The van der Waals surface area contributed by atoms with Gasteiger partial charge in [-0.2, -0.15) is 0 Å². The second kappa shape index (κ2) is 7.09. The molecular formula is C11H22N2O3. The number of carboxylic acid groups (broad SMARTS) is 1. The van der Waals surface area contributed by atoms with Crippen LogP contribution in [0.5, 0.6) is 0 Å². The van der Waals surface area contributed by atoms with Gasteiger partial charge in [0, 0.05) is 18.6 Å².